The van der Waals surface area contributed by atoms with E-state index in [4.69, 9.17) is 5.73 Å². The Bertz CT molecular complexity index is 465. The molecule has 1 atom stereocenters. The number of anilines is 1. The predicted molar refractivity (Wildman–Crippen MR) is 70.4 cm³/mol. The maximum Gasteiger partial charge on any atom is 0.274 e. The average Bonchev–Trinajstić information content (AvgIpc) is 2.85. The second kappa shape index (κ2) is 4.61. The number of likely N-dealkylation sites (tertiary alicyclic amines) is 1. The quantitative estimate of drug-likeness (QED) is 0.808. The molecular weight excluding hydrogens is 230 g/mol. The highest BCUT2D eigenvalue weighted by molar-refractivity contribution is 5.98. The van der Waals surface area contributed by atoms with Crippen LogP contribution in [0.2, 0.25) is 0 Å². The molecule has 0 saturated carbocycles. The Balaban J connectivity index is 2.18. The number of likely N-dealkylation sites (N-methyl/N-ethyl adjacent to an activating group) is 1. The number of aryl methyl sites for hydroxylation is 2. The summed E-state index contributed by atoms with van der Waals surface area (Å²) in [6.07, 6.45) is 1.01. The molecule has 2 N–H and O–H groups in total. The molecule has 1 aromatic heterocycles. The summed E-state index contributed by atoms with van der Waals surface area (Å²) < 4.78 is 1.58. The van der Waals surface area contributed by atoms with Crippen molar-refractivity contribution in [2.24, 2.45) is 7.05 Å². The predicted octanol–water partition coefficient (Wildman–Crippen LogP) is 0.0868. The van der Waals surface area contributed by atoms with Gasteiger partial charge in [0.1, 0.15) is 5.69 Å². The molecule has 1 aliphatic rings. The molecule has 1 fully saturated rings. The fourth-order valence-electron chi connectivity index (χ4n) is 2.43. The van der Waals surface area contributed by atoms with Crippen molar-refractivity contribution in [2.75, 3.05) is 32.9 Å². The summed E-state index contributed by atoms with van der Waals surface area (Å²) >= 11 is 0. The second-order valence-electron chi connectivity index (χ2n) is 5.13. The van der Waals surface area contributed by atoms with E-state index in [9.17, 15) is 4.79 Å². The molecule has 0 bridgehead atoms. The minimum atomic E-state index is -0.0139. The van der Waals surface area contributed by atoms with E-state index in [1.165, 1.54) is 0 Å². The third-order valence-corrected chi connectivity index (χ3v) is 3.65. The number of hydrogen-bond acceptors (Lipinski definition) is 4. The number of rotatable bonds is 2. The normalized spacial score (nSPS) is 19.8. The second-order valence-corrected chi connectivity index (χ2v) is 5.13. The molecule has 100 valence electrons. The van der Waals surface area contributed by atoms with Gasteiger partial charge in [-0.3, -0.25) is 9.48 Å². The summed E-state index contributed by atoms with van der Waals surface area (Å²) in [4.78, 5) is 16.5. The zero-order valence-electron chi connectivity index (χ0n) is 11.5. The summed E-state index contributed by atoms with van der Waals surface area (Å²) in [6, 6.07) is 0.435. The summed E-state index contributed by atoms with van der Waals surface area (Å²) in [6.45, 7) is 3.36. The van der Waals surface area contributed by atoms with Crippen molar-refractivity contribution in [3.8, 4) is 0 Å². The molecule has 0 aromatic carbocycles. The first kappa shape index (κ1) is 12.9. The fourth-order valence-corrected chi connectivity index (χ4v) is 2.43. The zero-order valence-corrected chi connectivity index (χ0v) is 11.5. The molecule has 0 radical (unpaired) electrons. The van der Waals surface area contributed by atoms with Crippen LogP contribution in [-0.4, -0.2) is 58.7 Å². The van der Waals surface area contributed by atoms with Gasteiger partial charge in [0, 0.05) is 26.2 Å². The first-order chi connectivity index (χ1) is 8.41. The first-order valence-corrected chi connectivity index (χ1v) is 6.16. The molecule has 6 heteroatoms. The van der Waals surface area contributed by atoms with Crippen LogP contribution in [0.25, 0.3) is 0 Å². The van der Waals surface area contributed by atoms with Crippen LogP contribution >= 0.6 is 0 Å². The first-order valence-electron chi connectivity index (χ1n) is 6.16. The Hall–Kier alpha value is -1.56. The molecule has 0 spiro atoms. The number of nitrogens with zero attached hydrogens (tertiary/aromatic N) is 4. The number of aromatic nitrogens is 2. The lowest BCUT2D eigenvalue weighted by molar-refractivity contribution is 0.0773. The maximum absolute atomic E-state index is 12.4. The number of carbonyl (C=O) groups excluding carboxylic acids is 1. The van der Waals surface area contributed by atoms with Crippen molar-refractivity contribution in [2.45, 2.75) is 19.4 Å². The van der Waals surface area contributed by atoms with E-state index >= 15 is 0 Å². The van der Waals surface area contributed by atoms with Crippen LogP contribution in [0.15, 0.2) is 0 Å². The van der Waals surface area contributed by atoms with Gasteiger partial charge in [-0.05, 0) is 27.4 Å². The van der Waals surface area contributed by atoms with E-state index in [0.717, 1.165) is 19.5 Å². The smallest absolute Gasteiger partial charge is 0.274 e. The summed E-state index contributed by atoms with van der Waals surface area (Å²) in [7, 11) is 5.85. The van der Waals surface area contributed by atoms with Gasteiger partial charge < -0.3 is 15.5 Å². The molecule has 6 nitrogen and oxygen atoms in total. The van der Waals surface area contributed by atoms with E-state index in [1.807, 2.05) is 25.9 Å². The van der Waals surface area contributed by atoms with E-state index in [-0.39, 0.29) is 5.91 Å². The lowest BCUT2D eigenvalue weighted by Crippen LogP contribution is -2.35. The number of amides is 1. The van der Waals surface area contributed by atoms with Gasteiger partial charge in [-0.2, -0.15) is 5.10 Å². The van der Waals surface area contributed by atoms with E-state index in [2.05, 4.69) is 10.00 Å². The zero-order chi connectivity index (χ0) is 13.4. The molecule has 1 unspecified atom stereocenters. The van der Waals surface area contributed by atoms with Gasteiger partial charge in [0.15, 0.2) is 0 Å². The van der Waals surface area contributed by atoms with Gasteiger partial charge in [0.25, 0.3) is 5.91 Å². The summed E-state index contributed by atoms with van der Waals surface area (Å²) in [5.74, 6) is -0.0139. The summed E-state index contributed by atoms with van der Waals surface area (Å²) in [5.41, 5.74) is 7.64. The van der Waals surface area contributed by atoms with Crippen LogP contribution in [0.4, 0.5) is 5.69 Å². The average molecular weight is 251 g/mol. The van der Waals surface area contributed by atoms with Crippen molar-refractivity contribution in [1.29, 1.82) is 0 Å². The van der Waals surface area contributed by atoms with Gasteiger partial charge in [-0.15, -0.1) is 0 Å². The van der Waals surface area contributed by atoms with Crippen molar-refractivity contribution in [3.05, 3.63) is 11.4 Å². The van der Waals surface area contributed by atoms with Gasteiger partial charge in [-0.25, -0.2) is 0 Å². The van der Waals surface area contributed by atoms with Gasteiger partial charge in [0.05, 0.1) is 11.4 Å². The number of carbonyl (C=O) groups is 1. The Morgan fingerprint density at radius 2 is 2.17 bits per heavy atom. The largest absolute Gasteiger partial charge is 0.395 e. The molecular formula is C12H21N5O. The van der Waals surface area contributed by atoms with Gasteiger partial charge in [-0.1, -0.05) is 0 Å². The molecule has 1 aromatic rings. The number of nitrogens with two attached hydrogens (primary N) is 1. The highest BCUT2D eigenvalue weighted by atomic mass is 16.2. The molecule has 1 saturated heterocycles. The van der Waals surface area contributed by atoms with Gasteiger partial charge in [0.2, 0.25) is 0 Å². The molecule has 0 aliphatic carbocycles. The van der Waals surface area contributed by atoms with Crippen molar-refractivity contribution in [1.82, 2.24) is 19.6 Å². The Kier molecular flexibility index (Phi) is 3.30. The minimum absolute atomic E-state index is 0.0139. The Labute approximate surface area is 107 Å². The van der Waals surface area contributed by atoms with E-state index in [1.54, 1.807) is 11.7 Å². The Morgan fingerprint density at radius 3 is 2.61 bits per heavy atom. The van der Waals surface area contributed by atoms with Crippen LogP contribution < -0.4 is 5.73 Å². The van der Waals surface area contributed by atoms with Crippen molar-refractivity contribution in [3.63, 3.8) is 0 Å². The number of hydrogen-bond donors (Lipinski definition) is 1. The van der Waals surface area contributed by atoms with Crippen LogP contribution in [0.5, 0.6) is 0 Å². The maximum atomic E-state index is 12.4. The standard InChI is InChI=1S/C12H21N5O/c1-8-10(13)11(16(4)14-8)12(18)17-6-5-9(7-17)15(2)3/h9H,5-7,13H2,1-4H3. The lowest BCUT2D eigenvalue weighted by Gasteiger charge is -2.20. The molecule has 1 aliphatic heterocycles. The monoisotopic (exact) mass is 251 g/mol. The highest BCUT2D eigenvalue weighted by Gasteiger charge is 2.31. The topological polar surface area (TPSA) is 67.4 Å². The SMILES string of the molecule is Cc1nn(C)c(C(=O)N2CCC(N(C)C)C2)c1N. The van der Waals surface area contributed by atoms with Crippen LogP contribution in [0, 0.1) is 6.92 Å². The van der Waals surface area contributed by atoms with Crippen molar-refractivity contribution >= 4 is 11.6 Å². The fraction of sp³-hybridized carbons (Fsp3) is 0.667. The molecule has 2 heterocycles. The molecule has 2 rings (SSSR count). The van der Waals surface area contributed by atoms with Crippen LogP contribution in [0.1, 0.15) is 22.6 Å². The molecule has 1 amide bonds. The highest BCUT2D eigenvalue weighted by Crippen LogP contribution is 2.21. The minimum Gasteiger partial charge on any atom is -0.395 e. The third kappa shape index (κ3) is 2.08. The van der Waals surface area contributed by atoms with Crippen LogP contribution in [-0.2, 0) is 7.05 Å². The van der Waals surface area contributed by atoms with Crippen molar-refractivity contribution < 1.29 is 4.79 Å². The third-order valence-electron chi connectivity index (χ3n) is 3.65. The van der Waals surface area contributed by atoms with Crippen LogP contribution in [0.3, 0.4) is 0 Å². The van der Waals surface area contributed by atoms with E-state index in [0.29, 0.717) is 23.1 Å². The van der Waals surface area contributed by atoms with E-state index < -0.39 is 0 Å². The Morgan fingerprint density at radius 1 is 1.50 bits per heavy atom. The lowest BCUT2D eigenvalue weighted by atomic mass is 10.2. The van der Waals surface area contributed by atoms with Gasteiger partial charge >= 0.3 is 0 Å². The molecule has 18 heavy (non-hydrogen) atoms. The number of nitrogen functional groups attached to an aromatic ring is 1. The summed E-state index contributed by atoms with van der Waals surface area (Å²) in [5, 5.41) is 4.19.